The van der Waals surface area contributed by atoms with Crippen LogP contribution in [0.5, 0.6) is 0 Å². The third kappa shape index (κ3) is 2.37. The molecule has 0 aliphatic rings. The normalized spacial score (nSPS) is 11.0. The molecule has 3 aromatic rings. The molecule has 0 fully saturated rings. The first-order chi connectivity index (χ1) is 9.24. The van der Waals surface area contributed by atoms with Gasteiger partial charge in [0.15, 0.2) is 5.58 Å². The van der Waals surface area contributed by atoms with Crippen LogP contribution in [0, 0.1) is 0 Å². The Morgan fingerprint density at radius 1 is 1.32 bits per heavy atom. The van der Waals surface area contributed by atoms with Gasteiger partial charge in [0.1, 0.15) is 11.3 Å². The number of nitrogens with zero attached hydrogens (tertiary/aromatic N) is 2. The minimum atomic E-state index is 0.428. The number of anilines is 2. The molecule has 0 saturated carbocycles. The molecular formula is C13H14N4O2. The van der Waals surface area contributed by atoms with E-state index in [-0.39, 0.29) is 0 Å². The molecule has 0 radical (unpaired) electrons. The molecular weight excluding hydrogens is 244 g/mol. The van der Waals surface area contributed by atoms with Gasteiger partial charge in [-0.2, -0.15) is 4.98 Å². The van der Waals surface area contributed by atoms with Gasteiger partial charge in [0.2, 0.25) is 5.89 Å². The van der Waals surface area contributed by atoms with E-state index < -0.39 is 0 Å². The molecule has 3 N–H and O–H groups in total. The van der Waals surface area contributed by atoms with Crippen LogP contribution in [-0.4, -0.2) is 9.97 Å². The van der Waals surface area contributed by atoms with Gasteiger partial charge in [-0.3, -0.25) is 0 Å². The maximum absolute atomic E-state index is 5.68. The number of aryl methyl sites for hydroxylation is 1. The molecule has 2 heterocycles. The van der Waals surface area contributed by atoms with Gasteiger partial charge in [-0.25, -0.2) is 4.98 Å². The van der Waals surface area contributed by atoms with Crippen molar-refractivity contribution in [1.82, 2.24) is 9.97 Å². The Morgan fingerprint density at radius 3 is 3.00 bits per heavy atom. The molecule has 0 amide bonds. The van der Waals surface area contributed by atoms with E-state index in [9.17, 15) is 0 Å². The Labute approximate surface area is 109 Å². The molecule has 0 aliphatic carbocycles. The second kappa shape index (κ2) is 4.64. The van der Waals surface area contributed by atoms with E-state index in [4.69, 9.17) is 14.6 Å². The first-order valence-electron chi connectivity index (χ1n) is 6.08. The first kappa shape index (κ1) is 11.6. The fourth-order valence-corrected chi connectivity index (χ4v) is 1.76. The molecule has 98 valence electrons. The van der Waals surface area contributed by atoms with E-state index in [0.29, 0.717) is 29.7 Å². The van der Waals surface area contributed by atoms with Crippen LogP contribution in [0.3, 0.4) is 0 Å². The second-order valence-corrected chi connectivity index (χ2v) is 4.17. The third-order valence-electron chi connectivity index (χ3n) is 2.75. The summed E-state index contributed by atoms with van der Waals surface area (Å²) in [5.41, 5.74) is 7.75. The van der Waals surface area contributed by atoms with E-state index in [2.05, 4.69) is 15.3 Å². The minimum Gasteiger partial charge on any atom is -0.444 e. The number of fused-ring (bicyclic) bond motifs is 1. The summed E-state index contributed by atoms with van der Waals surface area (Å²) < 4.78 is 11.0. The molecule has 0 unspecified atom stereocenters. The van der Waals surface area contributed by atoms with Crippen LogP contribution in [-0.2, 0) is 13.0 Å². The standard InChI is InChI=1S/C13H14N4O2/c1-2-9-6-15-12(18-9)7-16-13-17-10-4-3-8(14)5-11(10)19-13/h3-6H,2,7,14H2,1H3,(H,16,17). The zero-order chi connectivity index (χ0) is 13.2. The zero-order valence-corrected chi connectivity index (χ0v) is 10.5. The lowest BCUT2D eigenvalue weighted by Gasteiger charge is -1.96. The highest BCUT2D eigenvalue weighted by atomic mass is 16.4. The number of hydrogen-bond acceptors (Lipinski definition) is 6. The highest BCUT2D eigenvalue weighted by Gasteiger charge is 2.07. The summed E-state index contributed by atoms with van der Waals surface area (Å²) >= 11 is 0. The highest BCUT2D eigenvalue weighted by molar-refractivity contribution is 5.77. The van der Waals surface area contributed by atoms with Crippen molar-refractivity contribution in [1.29, 1.82) is 0 Å². The quantitative estimate of drug-likeness (QED) is 0.699. The Balaban J connectivity index is 1.74. The van der Waals surface area contributed by atoms with Gasteiger partial charge in [-0.05, 0) is 12.1 Å². The number of oxazole rings is 2. The SMILES string of the molecule is CCc1cnc(CNc2nc3ccc(N)cc3o2)o1. The molecule has 0 aliphatic heterocycles. The number of nitrogen functional groups attached to an aromatic ring is 1. The average molecular weight is 258 g/mol. The van der Waals surface area contributed by atoms with Crippen molar-refractivity contribution < 1.29 is 8.83 Å². The lowest BCUT2D eigenvalue weighted by molar-refractivity contribution is 0.463. The van der Waals surface area contributed by atoms with Crippen LogP contribution in [0.2, 0.25) is 0 Å². The number of hydrogen-bond donors (Lipinski definition) is 2. The second-order valence-electron chi connectivity index (χ2n) is 4.17. The van der Waals surface area contributed by atoms with Crippen LogP contribution in [0.4, 0.5) is 11.7 Å². The van der Waals surface area contributed by atoms with Gasteiger partial charge in [-0.1, -0.05) is 6.92 Å². The van der Waals surface area contributed by atoms with Crippen molar-refractivity contribution >= 4 is 22.8 Å². The molecule has 0 bridgehead atoms. The molecule has 19 heavy (non-hydrogen) atoms. The van der Waals surface area contributed by atoms with Crippen molar-refractivity contribution in [2.75, 3.05) is 11.1 Å². The zero-order valence-electron chi connectivity index (χ0n) is 10.5. The number of benzene rings is 1. The van der Waals surface area contributed by atoms with Crippen LogP contribution in [0.25, 0.3) is 11.1 Å². The maximum Gasteiger partial charge on any atom is 0.296 e. The summed E-state index contributed by atoms with van der Waals surface area (Å²) in [6, 6.07) is 5.78. The first-order valence-corrected chi connectivity index (χ1v) is 6.08. The Bertz CT molecular complexity index is 702. The molecule has 2 aromatic heterocycles. The summed E-state index contributed by atoms with van der Waals surface area (Å²) in [5.74, 6) is 1.47. The van der Waals surface area contributed by atoms with Gasteiger partial charge in [0.05, 0.1) is 12.7 Å². The van der Waals surface area contributed by atoms with Gasteiger partial charge in [0, 0.05) is 18.2 Å². The van der Waals surface area contributed by atoms with E-state index in [1.54, 1.807) is 18.3 Å². The minimum absolute atomic E-state index is 0.428. The number of aromatic nitrogens is 2. The monoisotopic (exact) mass is 258 g/mol. The Kier molecular flexibility index (Phi) is 2.83. The van der Waals surface area contributed by atoms with Crippen LogP contribution in [0.1, 0.15) is 18.6 Å². The van der Waals surface area contributed by atoms with Crippen LogP contribution < -0.4 is 11.1 Å². The van der Waals surface area contributed by atoms with E-state index >= 15 is 0 Å². The van der Waals surface area contributed by atoms with E-state index in [1.807, 2.05) is 13.0 Å². The summed E-state index contributed by atoms with van der Waals surface area (Å²) in [5, 5.41) is 3.03. The third-order valence-corrected chi connectivity index (χ3v) is 2.75. The summed E-state index contributed by atoms with van der Waals surface area (Å²) in [6.45, 7) is 2.45. The summed E-state index contributed by atoms with van der Waals surface area (Å²) in [7, 11) is 0. The van der Waals surface area contributed by atoms with Gasteiger partial charge < -0.3 is 19.9 Å². The van der Waals surface area contributed by atoms with Crippen molar-refractivity contribution in [3.05, 3.63) is 36.0 Å². The molecule has 0 atom stereocenters. The van der Waals surface area contributed by atoms with Crippen molar-refractivity contribution in [3.8, 4) is 0 Å². The molecule has 6 nitrogen and oxygen atoms in total. The van der Waals surface area contributed by atoms with Crippen molar-refractivity contribution in [2.24, 2.45) is 0 Å². The van der Waals surface area contributed by atoms with Gasteiger partial charge in [-0.15, -0.1) is 0 Å². The topological polar surface area (TPSA) is 90.1 Å². The van der Waals surface area contributed by atoms with Gasteiger partial charge >= 0.3 is 0 Å². The smallest absolute Gasteiger partial charge is 0.296 e. The van der Waals surface area contributed by atoms with Crippen molar-refractivity contribution in [2.45, 2.75) is 19.9 Å². The molecule has 6 heteroatoms. The van der Waals surface area contributed by atoms with Crippen LogP contribution in [0.15, 0.2) is 33.2 Å². The average Bonchev–Trinajstić information content (AvgIpc) is 3.01. The molecule has 3 rings (SSSR count). The number of rotatable bonds is 4. The van der Waals surface area contributed by atoms with E-state index in [0.717, 1.165) is 17.7 Å². The fourth-order valence-electron chi connectivity index (χ4n) is 1.76. The lowest BCUT2D eigenvalue weighted by atomic mass is 10.3. The highest BCUT2D eigenvalue weighted by Crippen LogP contribution is 2.21. The molecule has 1 aromatic carbocycles. The number of nitrogens with two attached hydrogens (primary N) is 1. The number of nitrogens with one attached hydrogen (secondary N) is 1. The maximum atomic E-state index is 5.68. The van der Waals surface area contributed by atoms with E-state index in [1.165, 1.54) is 0 Å². The largest absolute Gasteiger partial charge is 0.444 e. The Morgan fingerprint density at radius 2 is 2.21 bits per heavy atom. The molecule has 0 spiro atoms. The Hall–Kier alpha value is -2.50. The lowest BCUT2D eigenvalue weighted by Crippen LogP contribution is -1.99. The van der Waals surface area contributed by atoms with Crippen molar-refractivity contribution in [3.63, 3.8) is 0 Å². The molecule has 0 saturated heterocycles. The van der Waals surface area contributed by atoms with Gasteiger partial charge in [0.25, 0.3) is 6.01 Å². The predicted molar refractivity (Wildman–Crippen MR) is 71.6 cm³/mol. The predicted octanol–water partition coefficient (Wildman–Crippen LogP) is 2.57. The summed E-state index contributed by atoms with van der Waals surface area (Å²) in [6.07, 6.45) is 2.55. The summed E-state index contributed by atoms with van der Waals surface area (Å²) in [4.78, 5) is 8.44. The van der Waals surface area contributed by atoms with Crippen LogP contribution >= 0.6 is 0 Å². The fraction of sp³-hybridized carbons (Fsp3) is 0.231.